The van der Waals surface area contributed by atoms with Crippen LogP contribution in [-0.2, 0) is 13.5 Å². The lowest BCUT2D eigenvalue weighted by atomic mass is 10.0. The molecule has 0 saturated carbocycles. The van der Waals surface area contributed by atoms with Gasteiger partial charge < -0.3 is 10.1 Å². The van der Waals surface area contributed by atoms with E-state index in [2.05, 4.69) is 9.97 Å². The number of rotatable bonds is 3. The molecule has 1 aromatic carbocycles. The molecular weight excluding hydrogens is 338 g/mol. The molecule has 0 radical (unpaired) electrons. The molecule has 0 aliphatic heterocycles. The number of benzene rings is 1. The number of nitrogens with zero attached hydrogens (tertiary/aromatic N) is 2. The number of fused-ring (bicyclic) bond motifs is 1. The second-order valence-electron chi connectivity index (χ2n) is 5.41. The van der Waals surface area contributed by atoms with Crippen molar-refractivity contribution in [3.05, 3.63) is 72.3 Å². The topological polar surface area (TPSA) is 121 Å². The van der Waals surface area contributed by atoms with E-state index in [-0.39, 0.29) is 22.4 Å². The Morgan fingerprint density at radius 2 is 1.92 bits per heavy atom. The molecule has 0 aliphatic carbocycles. The minimum Gasteiger partial charge on any atom is -0.388 e. The Morgan fingerprint density at radius 1 is 1.20 bits per heavy atom. The van der Waals surface area contributed by atoms with Gasteiger partial charge in [-0.05, 0) is 6.07 Å². The molecule has 0 saturated heterocycles. The number of aliphatic hydroxyl groups is 1. The van der Waals surface area contributed by atoms with Crippen molar-refractivity contribution < 1.29 is 13.9 Å². The molecule has 8 nitrogen and oxygen atoms in total. The maximum absolute atomic E-state index is 13.7. The van der Waals surface area contributed by atoms with Crippen LogP contribution in [0.2, 0.25) is 0 Å². The summed E-state index contributed by atoms with van der Waals surface area (Å²) in [5, 5.41) is 10.1. The second-order valence-corrected chi connectivity index (χ2v) is 5.41. The van der Waals surface area contributed by atoms with Gasteiger partial charge in [-0.15, -0.1) is 0 Å². The zero-order valence-electron chi connectivity index (χ0n) is 12.8. The molecule has 130 valence electrons. The third kappa shape index (κ3) is 2.98. The largest absolute Gasteiger partial charge is 0.388 e. The first kappa shape index (κ1) is 16.7. The molecule has 0 fully saturated rings. The quantitative estimate of drug-likeness (QED) is 0.607. The normalized spacial score (nSPS) is 12.5. The van der Waals surface area contributed by atoms with Gasteiger partial charge >= 0.3 is 5.69 Å². The number of H-pyrrole nitrogens is 2. The molecule has 1 atom stereocenters. The van der Waals surface area contributed by atoms with Gasteiger partial charge in [-0.3, -0.25) is 19.1 Å². The Labute approximate surface area is 137 Å². The number of aromatic amines is 2. The highest BCUT2D eigenvalue weighted by atomic mass is 19.1. The maximum atomic E-state index is 13.7. The van der Waals surface area contributed by atoms with Gasteiger partial charge in [0.1, 0.15) is 23.0 Å². The molecule has 2 heterocycles. The summed E-state index contributed by atoms with van der Waals surface area (Å²) in [5.74, 6) is -1.77. The van der Waals surface area contributed by atoms with Crippen LogP contribution in [0.25, 0.3) is 11.2 Å². The monoisotopic (exact) mass is 350 g/mol. The van der Waals surface area contributed by atoms with Gasteiger partial charge in [0.05, 0.1) is 6.10 Å². The number of hydrogen-bond acceptors (Lipinski definition) is 5. The highest BCUT2D eigenvalue weighted by Crippen LogP contribution is 2.20. The predicted octanol–water partition coefficient (Wildman–Crippen LogP) is -0.136. The zero-order valence-corrected chi connectivity index (χ0v) is 12.8. The van der Waals surface area contributed by atoms with Crippen molar-refractivity contribution in [3.63, 3.8) is 0 Å². The fraction of sp³-hybridized carbons (Fsp3) is 0.200. The van der Waals surface area contributed by atoms with Gasteiger partial charge in [-0.2, -0.15) is 0 Å². The number of aliphatic hydroxyl groups excluding tert-OH is 1. The minimum absolute atomic E-state index is 0.0787. The van der Waals surface area contributed by atoms with Crippen LogP contribution < -0.4 is 16.8 Å². The number of aryl methyl sites for hydroxylation is 1. The lowest BCUT2D eigenvalue weighted by Crippen LogP contribution is -2.32. The van der Waals surface area contributed by atoms with E-state index in [1.54, 1.807) is 0 Å². The summed E-state index contributed by atoms with van der Waals surface area (Å²) in [6.07, 6.45) is -1.88. The van der Waals surface area contributed by atoms with Crippen molar-refractivity contribution in [1.82, 2.24) is 19.5 Å². The average molecular weight is 350 g/mol. The highest BCUT2D eigenvalue weighted by molar-refractivity contribution is 5.68. The Bertz CT molecular complexity index is 1150. The van der Waals surface area contributed by atoms with E-state index in [1.807, 2.05) is 4.98 Å². The molecule has 25 heavy (non-hydrogen) atoms. The first-order valence-corrected chi connectivity index (χ1v) is 7.13. The number of aromatic nitrogens is 4. The summed E-state index contributed by atoms with van der Waals surface area (Å²) in [6, 6.07) is 2.64. The minimum atomic E-state index is -1.47. The Balaban J connectivity index is 2.07. The van der Waals surface area contributed by atoms with Crippen LogP contribution in [0, 0.1) is 11.6 Å². The van der Waals surface area contributed by atoms with Crippen molar-refractivity contribution in [2.24, 2.45) is 7.05 Å². The zero-order chi connectivity index (χ0) is 18.3. The van der Waals surface area contributed by atoms with Crippen LogP contribution in [0.3, 0.4) is 0 Å². The Morgan fingerprint density at radius 3 is 2.60 bits per heavy atom. The molecule has 2 aromatic heterocycles. The highest BCUT2D eigenvalue weighted by Gasteiger charge is 2.18. The van der Waals surface area contributed by atoms with Crippen LogP contribution in [0.1, 0.15) is 17.4 Å². The molecule has 1 unspecified atom stereocenters. The number of nitrogens with one attached hydrogen (secondary N) is 2. The molecule has 3 rings (SSSR count). The number of hydrogen-bond donors (Lipinski definition) is 3. The maximum Gasteiger partial charge on any atom is 0.329 e. The standard InChI is InChI=1S/C15H12F2N4O4/c1-21-12-11(14(24)20-15(21)25)18-9(13(23)19-12)5-10(22)7-3-2-6(16)4-8(7)17/h2-4,10,22H,5H2,1H3,(H,19,23)(H,20,24,25). The number of halogens is 2. The van der Waals surface area contributed by atoms with Crippen molar-refractivity contribution in [3.8, 4) is 0 Å². The van der Waals surface area contributed by atoms with Gasteiger partial charge in [0.2, 0.25) is 0 Å². The van der Waals surface area contributed by atoms with E-state index in [0.717, 1.165) is 16.7 Å². The van der Waals surface area contributed by atoms with E-state index in [9.17, 15) is 28.3 Å². The second kappa shape index (κ2) is 6.06. The summed E-state index contributed by atoms with van der Waals surface area (Å²) in [6.45, 7) is 0. The summed E-state index contributed by atoms with van der Waals surface area (Å²) in [7, 11) is 1.33. The third-order valence-corrected chi connectivity index (χ3v) is 3.75. The van der Waals surface area contributed by atoms with Crippen molar-refractivity contribution in [1.29, 1.82) is 0 Å². The molecule has 10 heteroatoms. The van der Waals surface area contributed by atoms with Crippen LogP contribution in [0.15, 0.2) is 32.6 Å². The Hall–Kier alpha value is -3.14. The average Bonchev–Trinajstić information content (AvgIpc) is 2.54. The van der Waals surface area contributed by atoms with Gasteiger partial charge in [0.15, 0.2) is 5.52 Å². The molecule has 3 aromatic rings. The fourth-order valence-corrected chi connectivity index (χ4v) is 2.42. The van der Waals surface area contributed by atoms with E-state index in [1.165, 1.54) is 7.05 Å². The summed E-state index contributed by atoms with van der Waals surface area (Å²) in [4.78, 5) is 43.7. The summed E-state index contributed by atoms with van der Waals surface area (Å²) in [5.41, 5.74) is -3.00. The smallest absolute Gasteiger partial charge is 0.329 e. The van der Waals surface area contributed by atoms with Crippen molar-refractivity contribution in [2.45, 2.75) is 12.5 Å². The molecule has 0 bridgehead atoms. The third-order valence-electron chi connectivity index (χ3n) is 3.75. The van der Waals surface area contributed by atoms with Crippen molar-refractivity contribution in [2.75, 3.05) is 0 Å². The molecule has 0 spiro atoms. The van der Waals surface area contributed by atoms with Gasteiger partial charge in [-0.1, -0.05) is 6.07 Å². The lowest BCUT2D eigenvalue weighted by Gasteiger charge is -2.12. The van der Waals surface area contributed by atoms with Gasteiger partial charge in [0.25, 0.3) is 11.1 Å². The van der Waals surface area contributed by atoms with Gasteiger partial charge in [0, 0.05) is 25.1 Å². The van der Waals surface area contributed by atoms with Crippen LogP contribution in [0.5, 0.6) is 0 Å². The van der Waals surface area contributed by atoms with Gasteiger partial charge in [-0.25, -0.2) is 18.6 Å². The van der Waals surface area contributed by atoms with Crippen LogP contribution in [0.4, 0.5) is 8.78 Å². The van der Waals surface area contributed by atoms with Crippen molar-refractivity contribution >= 4 is 11.2 Å². The lowest BCUT2D eigenvalue weighted by molar-refractivity contribution is 0.172. The fourth-order valence-electron chi connectivity index (χ4n) is 2.42. The molecule has 0 amide bonds. The first-order chi connectivity index (χ1) is 11.8. The summed E-state index contributed by atoms with van der Waals surface area (Å²) < 4.78 is 27.7. The molecule has 3 N–H and O–H groups in total. The van der Waals surface area contributed by atoms with E-state index in [0.29, 0.717) is 6.07 Å². The van der Waals surface area contributed by atoms with E-state index >= 15 is 0 Å². The van der Waals surface area contributed by atoms with E-state index in [4.69, 9.17) is 0 Å². The van der Waals surface area contributed by atoms with Crippen LogP contribution in [-0.4, -0.2) is 24.6 Å². The van der Waals surface area contributed by atoms with Crippen LogP contribution >= 0.6 is 0 Å². The summed E-state index contributed by atoms with van der Waals surface area (Å²) >= 11 is 0. The van der Waals surface area contributed by atoms with E-state index < -0.39 is 41.0 Å². The Kier molecular flexibility index (Phi) is 4.05. The predicted molar refractivity (Wildman–Crippen MR) is 83.2 cm³/mol. The first-order valence-electron chi connectivity index (χ1n) is 7.13. The SMILES string of the molecule is Cn1c(=O)[nH]c(=O)c2nc(CC(O)c3ccc(F)cc3F)c(=O)[nH]c21. The molecule has 0 aliphatic rings. The molecular formula is C15H12F2N4O4.